The molecule has 41 heavy (non-hydrogen) atoms. The molecule has 0 radical (unpaired) electrons. The van der Waals surface area contributed by atoms with Gasteiger partial charge >= 0.3 is 5.97 Å². The molecule has 0 unspecified atom stereocenters. The Morgan fingerprint density at radius 3 is 1.66 bits per heavy atom. The van der Waals surface area contributed by atoms with Crippen LogP contribution in [0.3, 0.4) is 0 Å². The third-order valence-electron chi connectivity index (χ3n) is 6.14. The summed E-state index contributed by atoms with van der Waals surface area (Å²) in [6.45, 7) is 12.9. The van der Waals surface area contributed by atoms with Gasteiger partial charge in [-0.2, -0.15) is 0 Å². The number of unbranched alkanes of at least 4 members (excludes halogenated alkanes) is 6. The van der Waals surface area contributed by atoms with Crippen LogP contribution in [0.25, 0.3) is 0 Å². The van der Waals surface area contributed by atoms with E-state index in [1.807, 2.05) is 6.07 Å². The number of esters is 1. The molecular formula is C32H54O9. The molecular weight excluding hydrogens is 528 g/mol. The van der Waals surface area contributed by atoms with E-state index in [0.29, 0.717) is 84.9 Å². The van der Waals surface area contributed by atoms with E-state index in [2.05, 4.69) is 19.6 Å². The highest BCUT2D eigenvalue weighted by molar-refractivity contribution is 5.86. The summed E-state index contributed by atoms with van der Waals surface area (Å²) in [6.07, 6.45) is 10.1. The SMILES string of the molecule is C=C(C)C(=O)OCCOCCOCCOCCOCCOCCOCc1cc(CCCCCCCCC)ccc1O. The fourth-order valence-electron chi connectivity index (χ4n) is 3.79. The predicted octanol–water partition coefficient (Wildman–Crippen LogP) is 5.40. The molecule has 0 aromatic heterocycles. The molecule has 0 spiro atoms. The molecule has 1 N–H and O–H groups in total. The summed E-state index contributed by atoms with van der Waals surface area (Å²) in [5, 5.41) is 10.1. The first-order valence-electron chi connectivity index (χ1n) is 15.1. The van der Waals surface area contributed by atoms with Crippen LogP contribution >= 0.6 is 0 Å². The molecule has 9 heteroatoms. The Morgan fingerprint density at radius 1 is 0.683 bits per heavy atom. The minimum Gasteiger partial charge on any atom is -0.508 e. The number of rotatable bonds is 29. The first-order valence-corrected chi connectivity index (χ1v) is 15.1. The highest BCUT2D eigenvalue weighted by atomic mass is 16.6. The van der Waals surface area contributed by atoms with E-state index >= 15 is 0 Å². The Kier molecular flexibility index (Phi) is 24.3. The number of carbonyl (C=O) groups excluding carboxylic acids is 1. The maximum atomic E-state index is 11.2. The third kappa shape index (κ3) is 22.3. The van der Waals surface area contributed by atoms with Crippen LogP contribution in [0.2, 0.25) is 0 Å². The van der Waals surface area contributed by atoms with Crippen LogP contribution in [0.15, 0.2) is 30.4 Å². The van der Waals surface area contributed by atoms with Crippen molar-refractivity contribution in [2.75, 3.05) is 79.3 Å². The molecule has 0 heterocycles. The maximum Gasteiger partial charge on any atom is 0.333 e. The van der Waals surface area contributed by atoms with Crippen molar-refractivity contribution in [3.8, 4) is 5.75 Å². The fourth-order valence-corrected chi connectivity index (χ4v) is 3.79. The van der Waals surface area contributed by atoms with Gasteiger partial charge in [-0.25, -0.2) is 4.79 Å². The number of hydrogen-bond donors (Lipinski definition) is 1. The summed E-state index contributed by atoms with van der Waals surface area (Å²) in [7, 11) is 0. The van der Waals surface area contributed by atoms with Crippen LogP contribution in [-0.2, 0) is 51.0 Å². The third-order valence-corrected chi connectivity index (χ3v) is 6.14. The molecule has 0 amide bonds. The first-order chi connectivity index (χ1) is 20.0. The lowest BCUT2D eigenvalue weighted by Gasteiger charge is -2.10. The van der Waals surface area contributed by atoms with Crippen molar-refractivity contribution in [1.29, 1.82) is 0 Å². The van der Waals surface area contributed by atoms with Crippen molar-refractivity contribution in [2.24, 2.45) is 0 Å². The number of phenols is 1. The van der Waals surface area contributed by atoms with Gasteiger partial charge in [0.25, 0.3) is 0 Å². The summed E-state index contributed by atoms with van der Waals surface area (Å²) >= 11 is 0. The fraction of sp³-hybridized carbons (Fsp3) is 0.719. The van der Waals surface area contributed by atoms with E-state index in [9.17, 15) is 9.90 Å². The number of benzene rings is 1. The number of phenolic OH excluding ortho intramolecular Hbond substituents is 1. The monoisotopic (exact) mass is 582 g/mol. The molecule has 0 saturated carbocycles. The standard InChI is InChI=1S/C32H54O9/c1-4-5-6-7-8-9-10-11-29-12-13-31(33)30(26-29)27-40-23-22-38-19-18-36-15-14-35-16-17-37-20-21-39-24-25-41-32(34)28(2)3/h12-13,26,33H,2,4-11,14-25,27H2,1,3H3. The molecule has 9 nitrogen and oxygen atoms in total. The lowest BCUT2D eigenvalue weighted by atomic mass is 10.0. The molecule has 0 aliphatic carbocycles. The Bertz CT molecular complexity index is 784. The van der Waals surface area contributed by atoms with E-state index in [1.165, 1.54) is 50.5 Å². The van der Waals surface area contributed by atoms with Crippen molar-refractivity contribution in [2.45, 2.75) is 71.8 Å². The zero-order valence-electron chi connectivity index (χ0n) is 25.5. The highest BCUT2D eigenvalue weighted by Gasteiger charge is 2.05. The van der Waals surface area contributed by atoms with Crippen LogP contribution in [0.1, 0.15) is 69.9 Å². The molecule has 0 bridgehead atoms. The van der Waals surface area contributed by atoms with E-state index in [0.717, 1.165) is 12.0 Å². The predicted molar refractivity (Wildman–Crippen MR) is 159 cm³/mol. The highest BCUT2D eigenvalue weighted by Crippen LogP contribution is 2.21. The average Bonchev–Trinajstić information content (AvgIpc) is 2.96. The van der Waals surface area contributed by atoms with Gasteiger partial charge in [-0.15, -0.1) is 0 Å². The van der Waals surface area contributed by atoms with Gasteiger partial charge in [-0.3, -0.25) is 0 Å². The van der Waals surface area contributed by atoms with E-state index in [4.69, 9.17) is 33.2 Å². The molecule has 1 aromatic carbocycles. The molecule has 0 saturated heterocycles. The number of aromatic hydroxyl groups is 1. The van der Waals surface area contributed by atoms with E-state index in [1.54, 1.807) is 13.0 Å². The molecule has 0 atom stereocenters. The smallest absolute Gasteiger partial charge is 0.333 e. The number of aryl methyl sites for hydroxylation is 1. The van der Waals surface area contributed by atoms with Crippen molar-refractivity contribution >= 4 is 5.97 Å². The second-order valence-corrected chi connectivity index (χ2v) is 9.87. The molecule has 1 aromatic rings. The van der Waals surface area contributed by atoms with Crippen LogP contribution in [0, 0.1) is 0 Å². The van der Waals surface area contributed by atoms with Gasteiger partial charge in [0.2, 0.25) is 0 Å². The van der Waals surface area contributed by atoms with Gasteiger partial charge in [0.15, 0.2) is 0 Å². The lowest BCUT2D eigenvalue weighted by molar-refractivity contribution is -0.140. The maximum absolute atomic E-state index is 11.2. The topological polar surface area (TPSA) is 102 Å². The van der Waals surface area contributed by atoms with Crippen LogP contribution in [0.4, 0.5) is 0 Å². The lowest BCUT2D eigenvalue weighted by Crippen LogP contribution is -2.15. The Hall–Kier alpha value is -2.01. The summed E-state index contributed by atoms with van der Waals surface area (Å²) in [5.41, 5.74) is 2.45. The molecule has 0 aliphatic rings. The summed E-state index contributed by atoms with van der Waals surface area (Å²) in [5.74, 6) is -0.131. The Morgan fingerprint density at radius 2 is 1.15 bits per heavy atom. The van der Waals surface area contributed by atoms with Crippen LogP contribution in [0.5, 0.6) is 5.75 Å². The average molecular weight is 583 g/mol. The minimum atomic E-state index is -0.410. The van der Waals surface area contributed by atoms with Gasteiger partial charge in [0, 0.05) is 11.1 Å². The number of ether oxygens (including phenoxy) is 7. The zero-order chi connectivity index (χ0) is 29.8. The van der Waals surface area contributed by atoms with Crippen molar-refractivity contribution in [1.82, 2.24) is 0 Å². The van der Waals surface area contributed by atoms with Gasteiger partial charge in [-0.1, -0.05) is 58.1 Å². The Labute approximate surface area is 247 Å². The van der Waals surface area contributed by atoms with Crippen molar-refractivity contribution < 1.29 is 43.1 Å². The van der Waals surface area contributed by atoms with Crippen LogP contribution in [-0.4, -0.2) is 90.4 Å². The second-order valence-electron chi connectivity index (χ2n) is 9.87. The van der Waals surface area contributed by atoms with Gasteiger partial charge < -0.3 is 38.3 Å². The summed E-state index contributed by atoms with van der Waals surface area (Å²) < 4.78 is 37.8. The minimum absolute atomic E-state index is 0.202. The van der Waals surface area contributed by atoms with Crippen molar-refractivity contribution in [3.05, 3.63) is 41.5 Å². The molecule has 1 rings (SSSR count). The number of hydrogen-bond acceptors (Lipinski definition) is 9. The second kappa shape index (κ2) is 26.9. The van der Waals surface area contributed by atoms with Crippen LogP contribution < -0.4 is 0 Å². The Balaban J connectivity index is 1.87. The quantitative estimate of drug-likeness (QED) is 0.0755. The molecule has 236 valence electrons. The van der Waals surface area contributed by atoms with Gasteiger partial charge in [-0.05, 0) is 37.5 Å². The first kappa shape index (κ1) is 37.0. The molecule has 0 aliphatic heterocycles. The van der Waals surface area contributed by atoms with Gasteiger partial charge in [0.05, 0.1) is 79.3 Å². The van der Waals surface area contributed by atoms with Crippen molar-refractivity contribution in [3.63, 3.8) is 0 Å². The summed E-state index contributed by atoms with van der Waals surface area (Å²) in [4.78, 5) is 11.2. The molecule has 0 fully saturated rings. The normalized spacial score (nSPS) is 11.2. The largest absolute Gasteiger partial charge is 0.508 e. The van der Waals surface area contributed by atoms with E-state index in [-0.39, 0.29) is 12.4 Å². The van der Waals surface area contributed by atoms with E-state index < -0.39 is 5.97 Å². The van der Waals surface area contributed by atoms with Gasteiger partial charge in [0.1, 0.15) is 12.4 Å². The summed E-state index contributed by atoms with van der Waals surface area (Å²) in [6, 6.07) is 5.83. The number of carbonyl (C=O) groups is 1. The zero-order valence-corrected chi connectivity index (χ0v) is 25.5.